The molecular weight excluding hydrogens is 372 g/mol. The second kappa shape index (κ2) is 7.76. The quantitative estimate of drug-likeness (QED) is 0.800. The molecule has 4 nitrogen and oxygen atoms in total. The molecule has 1 aliphatic carbocycles. The summed E-state index contributed by atoms with van der Waals surface area (Å²) in [5, 5.41) is 14.4. The molecular formula is C23H27ClN2O2. The monoisotopic (exact) mass is 398 g/mol. The number of rotatable bonds is 5. The van der Waals surface area contributed by atoms with Crippen molar-refractivity contribution < 1.29 is 9.90 Å². The van der Waals surface area contributed by atoms with Crippen LogP contribution in [0.2, 0.25) is 5.02 Å². The lowest BCUT2D eigenvalue weighted by Crippen LogP contribution is -2.44. The van der Waals surface area contributed by atoms with Crippen LogP contribution in [0.3, 0.4) is 0 Å². The molecule has 1 aliphatic heterocycles. The highest BCUT2D eigenvalue weighted by molar-refractivity contribution is 6.30. The number of amides is 1. The molecule has 1 atom stereocenters. The molecule has 0 aromatic heterocycles. The Hall–Kier alpha value is -2.04. The van der Waals surface area contributed by atoms with Gasteiger partial charge in [0.1, 0.15) is 0 Å². The van der Waals surface area contributed by atoms with Crippen molar-refractivity contribution in [1.29, 1.82) is 0 Å². The van der Waals surface area contributed by atoms with Gasteiger partial charge in [-0.1, -0.05) is 48.7 Å². The molecule has 0 radical (unpaired) electrons. The molecule has 1 heterocycles. The second-order valence-electron chi connectivity index (χ2n) is 8.08. The molecule has 0 bridgehead atoms. The van der Waals surface area contributed by atoms with Gasteiger partial charge in [-0.3, -0.25) is 4.79 Å². The number of hydrogen-bond donors (Lipinski definition) is 2. The fraction of sp³-hybridized carbons (Fsp3) is 0.435. The molecule has 5 heteroatoms. The van der Waals surface area contributed by atoms with Gasteiger partial charge in [0, 0.05) is 30.8 Å². The number of aliphatic hydroxyl groups excluding tert-OH is 1. The van der Waals surface area contributed by atoms with Crippen molar-refractivity contribution in [2.24, 2.45) is 0 Å². The number of aliphatic hydroxyl groups is 1. The first-order valence-electron chi connectivity index (χ1n) is 10.1. The van der Waals surface area contributed by atoms with Gasteiger partial charge in [0.25, 0.3) is 0 Å². The van der Waals surface area contributed by atoms with E-state index in [1.807, 2.05) is 30.3 Å². The van der Waals surface area contributed by atoms with Gasteiger partial charge >= 0.3 is 0 Å². The maximum atomic E-state index is 13.2. The summed E-state index contributed by atoms with van der Waals surface area (Å²) in [6, 6.07) is 13.7. The minimum atomic E-state index is -0.705. The number of nitrogens with one attached hydrogen (secondary N) is 1. The average Bonchev–Trinajstić information content (AvgIpc) is 3.34. The molecule has 2 aliphatic rings. The van der Waals surface area contributed by atoms with E-state index < -0.39 is 11.5 Å². The third-order valence-electron chi connectivity index (χ3n) is 6.36. The molecule has 148 valence electrons. The zero-order valence-electron chi connectivity index (χ0n) is 16.2. The maximum absolute atomic E-state index is 13.2. The Balaban J connectivity index is 1.46. The van der Waals surface area contributed by atoms with Gasteiger partial charge in [-0.2, -0.15) is 0 Å². The molecule has 0 unspecified atom stereocenters. The molecule has 1 amide bonds. The van der Waals surface area contributed by atoms with Gasteiger partial charge in [0.2, 0.25) is 5.91 Å². The van der Waals surface area contributed by atoms with Crippen molar-refractivity contribution >= 4 is 23.2 Å². The van der Waals surface area contributed by atoms with Crippen LogP contribution in [-0.4, -0.2) is 31.2 Å². The number of carbonyl (C=O) groups excluding carboxylic acids is 1. The van der Waals surface area contributed by atoms with E-state index in [1.165, 1.54) is 11.3 Å². The maximum Gasteiger partial charge on any atom is 0.230 e. The molecule has 1 fully saturated rings. The van der Waals surface area contributed by atoms with Gasteiger partial charge in [-0.05, 0) is 54.2 Å². The molecule has 1 saturated carbocycles. The van der Waals surface area contributed by atoms with Crippen LogP contribution in [0.25, 0.3) is 0 Å². The van der Waals surface area contributed by atoms with Crippen LogP contribution in [0, 0.1) is 0 Å². The number of anilines is 1. The largest absolute Gasteiger partial charge is 0.387 e. The van der Waals surface area contributed by atoms with E-state index in [0.29, 0.717) is 5.02 Å². The number of likely N-dealkylation sites (N-methyl/N-ethyl adjacent to an activating group) is 1. The van der Waals surface area contributed by atoms with Crippen molar-refractivity contribution in [2.45, 2.75) is 43.6 Å². The fourth-order valence-electron chi connectivity index (χ4n) is 4.66. The van der Waals surface area contributed by atoms with Crippen molar-refractivity contribution in [3.63, 3.8) is 0 Å². The summed E-state index contributed by atoms with van der Waals surface area (Å²) < 4.78 is 0. The van der Waals surface area contributed by atoms with Crippen LogP contribution in [0.15, 0.2) is 42.5 Å². The number of nitrogens with zero attached hydrogens (tertiary/aromatic N) is 1. The molecule has 2 N–H and O–H groups in total. The smallest absolute Gasteiger partial charge is 0.230 e. The van der Waals surface area contributed by atoms with Gasteiger partial charge in [0.05, 0.1) is 11.5 Å². The van der Waals surface area contributed by atoms with Crippen molar-refractivity contribution in [3.05, 3.63) is 64.2 Å². The van der Waals surface area contributed by atoms with E-state index in [-0.39, 0.29) is 12.5 Å². The number of carbonyl (C=O) groups is 1. The van der Waals surface area contributed by atoms with Gasteiger partial charge < -0.3 is 15.3 Å². The summed E-state index contributed by atoms with van der Waals surface area (Å²) in [4.78, 5) is 15.4. The predicted molar refractivity (Wildman–Crippen MR) is 113 cm³/mol. The number of hydrogen-bond acceptors (Lipinski definition) is 3. The van der Waals surface area contributed by atoms with Crippen molar-refractivity contribution in [3.8, 4) is 0 Å². The molecule has 2 aromatic carbocycles. The number of benzene rings is 2. The Morgan fingerprint density at radius 1 is 1.21 bits per heavy atom. The lowest BCUT2D eigenvalue weighted by atomic mass is 9.78. The summed E-state index contributed by atoms with van der Waals surface area (Å²) >= 11 is 6.03. The van der Waals surface area contributed by atoms with E-state index in [9.17, 15) is 9.90 Å². The highest BCUT2D eigenvalue weighted by atomic mass is 35.5. The third kappa shape index (κ3) is 3.51. The zero-order chi connectivity index (χ0) is 19.7. The Labute approximate surface area is 171 Å². The minimum absolute atomic E-state index is 0.00673. The molecule has 0 spiro atoms. The molecule has 28 heavy (non-hydrogen) atoms. The highest BCUT2D eigenvalue weighted by Crippen LogP contribution is 2.41. The molecule has 2 aromatic rings. The first-order valence-corrected chi connectivity index (χ1v) is 10.4. The van der Waals surface area contributed by atoms with Crippen LogP contribution in [0.1, 0.15) is 48.5 Å². The van der Waals surface area contributed by atoms with Crippen molar-refractivity contribution in [1.82, 2.24) is 5.32 Å². The Bertz CT molecular complexity index is 859. The lowest BCUT2D eigenvalue weighted by molar-refractivity contribution is -0.127. The average molecular weight is 399 g/mol. The summed E-state index contributed by atoms with van der Waals surface area (Å²) in [5.41, 5.74) is 3.86. The lowest BCUT2D eigenvalue weighted by Gasteiger charge is -2.29. The predicted octanol–water partition coefficient (Wildman–Crippen LogP) is 3.99. The van der Waals surface area contributed by atoms with E-state index in [2.05, 4.69) is 29.4 Å². The fourth-order valence-corrected chi connectivity index (χ4v) is 4.79. The highest BCUT2D eigenvalue weighted by Gasteiger charge is 2.42. The van der Waals surface area contributed by atoms with Gasteiger partial charge in [-0.15, -0.1) is 0 Å². The van der Waals surface area contributed by atoms with E-state index in [0.717, 1.165) is 49.8 Å². The standard InChI is InChI=1S/C23H27ClN2O2/c1-26-13-10-16-14-17(4-9-20(16)26)21(27)15-25-22(28)23(11-2-3-12-23)18-5-7-19(24)8-6-18/h4-9,14,21,27H,2-3,10-13,15H2,1H3,(H,25,28)/t21-/m0/s1. The summed E-state index contributed by atoms with van der Waals surface area (Å²) in [6.45, 7) is 1.23. The van der Waals surface area contributed by atoms with E-state index in [4.69, 9.17) is 11.6 Å². The number of fused-ring (bicyclic) bond motifs is 1. The van der Waals surface area contributed by atoms with Crippen molar-refractivity contribution in [2.75, 3.05) is 25.0 Å². The molecule has 4 rings (SSSR count). The van der Waals surface area contributed by atoms with Gasteiger partial charge in [-0.25, -0.2) is 0 Å². The van der Waals surface area contributed by atoms with E-state index >= 15 is 0 Å². The third-order valence-corrected chi connectivity index (χ3v) is 6.61. The topological polar surface area (TPSA) is 52.6 Å². The Morgan fingerprint density at radius 2 is 1.93 bits per heavy atom. The number of halogens is 1. The first-order chi connectivity index (χ1) is 13.5. The van der Waals surface area contributed by atoms with Crippen LogP contribution >= 0.6 is 11.6 Å². The SMILES string of the molecule is CN1CCc2cc([C@@H](O)CNC(=O)C3(c4ccc(Cl)cc4)CCCC3)ccc21. The molecule has 0 saturated heterocycles. The Kier molecular flexibility index (Phi) is 5.35. The van der Waals surface area contributed by atoms with E-state index in [1.54, 1.807) is 0 Å². The minimum Gasteiger partial charge on any atom is -0.387 e. The van der Waals surface area contributed by atoms with Crippen LogP contribution in [0.4, 0.5) is 5.69 Å². The normalized spacial score (nSPS) is 18.8. The van der Waals surface area contributed by atoms with Crippen LogP contribution in [0.5, 0.6) is 0 Å². The first kappa shape index (κ1) is 19.3. The Morgan fingerprint density at radius 3 is 2.64 bits per heavy atom. The second-order valence-corrected chi connectivity index (χ2v) is 8.52. The van der Waals surface area contributed by atoms with Crippen LogP contribution in [-0.2, 0) is 16.6 Å². The van der Waals surface area contributed by atoms with Gasteiger partial charge in [0.15, 0.2) is 0 Å². The summed E-state index contributed by atoms with van der Waals surface area (Å²) in [7, 11) is 2.08. The van der Waals surface area contributed by atoms with Crippen LogP contribution < -0.4 is 10.2 Å². The zero-order valence-corrected chi connectivity index (χ0v) is 17.0. The summed E-state index contributed by atoms with van der Waals surface area (Å²) in [5.74, 6) is 0.00673. The summed E-state index contributed by atoms with van der Waals surface area (Å²) in [6.07, 6.45) is 4.04.